The van der Waals surface area contributed by atoms with Crippen molar-refractivity contribution >= 4 is 56.5 Å². The Balaban J connectivity index is 1.57. The van der Waals surface area contributed by atoms with Gasteiger partial charge in [0, 0.05) is 17.0 Å². The highest BCUT2D eigenvalue weighted by atomic mass is 32.2. The van der Waals surface area contributed by atoms with Gasteiger partial charge in [0.15, 0.2) is 4.34 Å². The first-order chi connectivity index (χ1) is 12.5. The number of thioether (sulfide) groups is 1. The summed E-state index contributed by atoms with van der Waals surface area (Å²) in [5.74, 6) is -0.127. The number of nitrogens with zero attached hydrogens (tertiary/aromatic N) is 2. The average molecular weight is 387 g/mol. The molecule has 3 aromatic rings. The number of amides is 2. The van der Waals surface area contributed by atoms with E-state index in [4.69, 9.17) is 0 Å². The predicted octanol–water partition coefficient (Wildman–Crippen LogP) is 4.02. The van der Waals surface area contributed by atoms with Gasteiger partial charge in [-0.25, -0.2) is 0 Å². The highest BCUT2D eigenvalue weighted by molar-refractivity contribution is 8.01. The Morgan fingerprint density at radius 3 is 2.65 bits per heavy atom. The van der Waals surface area contributed by atoms with E-state index in [0.29, 0.717) is 9.47 Å². The summed E-state index contributed by atoms with van der Waals surface area (Å²) in [6.45, 7) is 3.62. The Labute approximate surface area is 159 Å². The van der Waals surface area contributed by atoms with Crippen molar-refractivity contribution in [3.8, 4) is 0 Å². The molecule has 0 radical (unpaired) electrons. The van der Waals surface area contributed by atoms with Crippen molar-refractivity contribution in [3.05, 3.63) is 42.5 Å². The Hall–Kier alpha value is -2.45. The third-order valence-electron chi connectivity index (χ3n) is 3.55. The molecule has 1 heterocycles. The third-order valence-corrected chi connectivity index (χ3v) is 5.52. The van der Waals surface area contributed by atoms with Crippen molar-refractivity contribution in [2.24, 2.45) is 5.92 Å². The monoisotopic (exact) mass is 386 g/mol. The zero-order chi connectivity index (χ0) is 18.5. The number of carbonyl (C=O) groups is 2. The molecule has 0 atom stereocenters. The van der Waals surface area contributed by atoms with Gasteiger partial charge in [0.25, 0.3) is 0 Å². The summed E-state index contributed by atoms with van der Waals surface area (Å²) < 4.78 is 0.636. The van der Waals surface area contributed by atoms with Crippen LogP contribution in [-0.2, 0) is 9.59 Å². The fraction of sp³-hybridized carbons (Fsp3) is 0.222. The molecule has 0 aliphatic carbocycles. The van der Waals surface area contributed by atoms with E-state index in [1.54, 1.807) is 0 Å². The number of nitrogens with one attached hydrogen (secondary N) is 2. The number of rotatable bonds is 6. The van der Waals surface area contributed by atoms with Crippen LogP contribution in [0.2, 0.25) is 0 Å². The summed E-state index contributed by atoms with van der Waals surface area (Å²) in [6.07, 6.45) is 0. The molecule has 0 saturated heterocycles. The van der Waals surface area contributed by atoms with Crippen molar-refractivity contribution in [3.63, 3.8) is 0 Å². The third kappa shape index (κ3) is 4.59. The topological polar surface area (TPSA) is 84.0 Å². The van der Waals surface area contributed by atoms with E-state index >= 15 is 0 Å². The summed E-state index contributed by atoms with van der Waals surface area (Å²) in [7, 11) is 0. The molecular weight excluding hydrogens is 368 g/mol. The fourth-order valence-electron chi connectivity index (χ4n) is 2.22. The molecule has 2 aromatic carbocycles. The molecule has 0 bridgehead atoms. The lowest BCUT2D eigenvalue weighted by molar-refractivity contribution is -0.119. The standard InChI is InChI=1S/C18H18N4O2S2/c1-11(2)16(24)20-17-21-22-18(26-17)25-10-15(23)19-14-9-5-7-12-6-3-4-8-13(12)14/h3-9,11H,10H2,1-2H3,(H,19,23)(H,20,21,24). The SMILES string of the molecule is CC(C)C(=O)Nc1nnc(SCC(=O)Nc2cccc3ccccc23)s1. The maximum absolute atomic E-state index is 12.3. The van der Waals surface area contributed by atoms with Crippen molar-refractivity contribution in [1.29, 1.82) is 0 Å². The second-order valence-corrected chi connectivity index (χ2v) is 8.08. The molecule has 2 amide bonds. The van der Waals surface area contributed by atoms with Gasteiger partial charge in [-0.1, -0.05) is 73.3 Å². The number of anilines is 2. The van der Waals surface area contributed by atoms with Crippen LogP contribution in [0, 0.1) is 5.92 Å². The molecular formula is C18H18N4O2S2. The lowest BCUT2D eigenvalue weighted by Crippen LogP contribution is -2.17. The molecule has 6 nitrogen and oxygen atoms in total. The quantitative estimate of drug-likeness (QED) is 0.494. The van der Waals surface area contributed by atoms with Crippen molar-refractivity contribution in [2.45, 2.75) is 18.2 Å². The summed E-state index contributed by atoms with van der Waals surface area (Å²) >= 11 is 2.55. The average Bonchev–Trinajstić information content (AvgIpc) is 3.07. The smallest absolute Gasteiger partial charge is 0.234 e. The maximum Gasteiger partial charge on any atom is 0.234 e. The molecule has 134 valence electrons. The largest absolute Gasteiger partial charge is 0.325 e. The molecule has 0 saturated carbocycles. The molecule has 2 N–H and O–H groups in total. The molecule has 1 aromatic heterocycles. The van der Waals surface area contributed by atoms with E-state index in [2.05, 4.69) is 20.8 Å². The minimum atomic E-state index is -0.124. The van der Waals surface area contributed by atoms with E-state index in [-0.39, 0.29) is 23.5 Å². The van der Waals surface area contributed by atoms with Gasteiger partial charge >= 0.3 is 0 Å². The number of aromatic nitrogens is 2. The molecule has 8 heteroatoms. The minimum absolute atomic E-state index is 0.105. The number of hydrogen-bond acceptors (Lipinski definition) is 6. The molecule has 3 rings (SSSR count). The second kappa shape index (κ2) is 8.29. The Morgan fingerprint density at radius 1 is 1.08 bits per heavy atom. The first kappa shape index (κ1) is 18.3. The van der Waals surface area contributed by atoms with Crippen LogP contribution in [0.15, 0.2) is 46.8 Å². The van der Waals surface area contributed by atoms with Gasteiger partial charge in [-0.05, 0) is 11.5 Å². The summed E-state index contributed by atoms with van der Waals surface area (Å²) in [5.41, 5.74) is 0.788. The molecule has 0 fully saturated rings. The van der Waals surface area contributed by atoms with Crippen LogP contribution in [0.3, 0.4) is 0 Å². The molecule has 0 aliphatic rings. The number of fused-ring (bicyclic) bond motifs is 1. The molecule has 0 spiro atoms. The lowest BCUT2D eigenvalue weighted by atomic mass is 10.1. The van der Waals surface area contributed by atoms with Gasteiger partial charge in [0.2, 0.25) is 16.9 Å². The highest BCUT2D eigenvalue weighted by Gasteiger charge is 2.13. The van der Waals surface area contributed by atoms with Gasteiger partial charge in [0.05, 0.1) is 5.75 Å². The summed E-state index contributed by atoms with van der Waals surface area (Å²) in [5, 5.41) is 16.1. The normalized spacial score (nSPS) is 10.9. The van der Waals surface area contributed by atoms with Crippen molar-refractivity contribution in [1.82, 2.24) is 10.2 Å². The van der Waals surface area contributed by atoms with Crippen LogP contribution in [0.4, 0.5) is 10.8 Å². The van der Waals surface area contributed by atoms with Crippen LogP contribution in [0.1, 0.15) is 13.8 Å². The van der Waals surface area contributed by atoms with E-state index in [1.165, 1.54) is 23.1 Å². The Kier molecular flexibility index (Phi) is 5.85. The Bertz CT molecular complexity index is 934. The Morgan fingerprint density at radius 2 is 1.85 bits per heavy atom. The number of carbonyl (C=O) groups excluding carboxylic acids is 2. The molecule has 0 unspecified atom stereocenters. The van der Waals surface area contributed by atoms with E-state index in [9.17, 15) is 9.59 Å². The minimum Gasteiger partial charge on any atom is -0.325 e. The zero-order valence-electron chi connectivity index (χ0n) is 14.4. The highest BCUT2D eigenvalue weighted by Crippen LogP contribution is 2.27. The molecule has 0 aliphatic heterocycles. The van der Waals surface area contributed by atoms with E-state index in [0.717, 1.165) is 16.5 Å². The summed E-state index contributed by atoms with van der Waals surface area (Å²) in [6, 6.07) is 13.7. The van der Waals surface area contributed by atoms with Gasteiger partial charge in [0.1, 0.15) is 0 Å². The van der Waals surface area contributed by atoms with Gasteiger partial charge < -0.3 is 10.6 Å². The first-order valence-corrected chi connectivity index (χ1v) is 9.88. The van der Waals surface area contributed by atoms with Gasteiger partial charge in [-0.15, -0.1) is 10.2 Å². The van der Waals surface area contributed by atoms with Crippen molar-refractivity contribution in [2.75, 3.05) is 16.4 Å². The van der Waals surface area contributed by atoms with Crippen LogP contribution >= 0.6 is 23.1 Å². The van der Waals surface area contributed by atoms with Gasteiger partial charge in [-0.2, -0.15) is 0 Å². The zero-order valence-corrected chi connectivity index (χ0v) is 16.0. The molecule has 26 heavy (non-hydrogen) atoms. The van der Waals surface area contributed by atoms with Crippen LogP contribution in [0.5, 0.6) is 0 Å². The first-order valence-electron chi connectivity index (χ1n) is 8.07. The summed E-state index contributed by atoms with van der Waals surface area (Å²) in [4.78, 5) is 23.9. The van der Waals surface area contributed by atoms with Gasteiger partial charge in [-0.3, -0.25) is 9.59 Å². The number of hydrogen-bond donors (Lipinski definition) is 2. The van der Waals surface area contributed by atoms with Crippen LogP contribution in [-0.4, -0.2) is 27.8 Å². The number of benzene rings is 2. The van der Waals surface area contributed by atoms with E-state index < -0.39 is 0 Å². The fourth-order valence-corrected chi connectivity index (χ4v) is 3.77. The van der Waals surface area contributed by atoms with Crippen molar-refractivity contribution < 1.29 is 9.59 Å². The van der Waals surface area contributed by atoms with Crippen LogP contribution in [0.25, 0.3) is 10.8 Å². The van der Waals surface area contributed by atoms with Crippen LogP contribution < -0.4 is 10.6 Å². The second-order valence-electron chi connectivity index (χ2n) is 5.88. The van der Waals surface area contributed by atoms with E-state index in [1.807, 2.05) is 56.3 Å². The predicted molar refractivity (Wildman–Crippen MR) is 107 cm³/mol. The lowest BCUT2D eigenvalue weighted by Gasteiger charge is -2.08. The maximum atomic E-state index is 12.3.